The summed E-state index contributed by atoms with van der Waals surface area (Å²) in [7, 11) is 2.77. The summed E-state index contributed by atoms with van der Waals surface area (Å²) in [5.41, 5.74) is 2.13. The molecular formula is C16H16FNO3. The molecule has 0 atom stereocenters. The number of carbonyl (C=O) groups is 1. The smallest absolute Gasteiger partial charge is 0.337 e. The maximum Gasteiger partial charge on any atom is 0.337 e. The number of anilines is 1. The Morgan fingerprint density at radius 2 is 1.86 bits per heavy atom. The molecule has 0 heterocycles. The van der Waals surface area contributed by atoms with Crippen LogP contribution in [0, 0.1) is 5.82 Å². The first kappa shape index (κ1) is 14.8. The summed E-state index contributed by atoms with van der Waals surface area (Å²) in [4.78, 5) is 11.3. The Morgan fingerprint density at radius 3 is 2.43 bits per heavy atom. The average molecular weight is 289 g/mol. The van der Waals surface area contributed by atoms with Crippen LogP contribution in [-0.4, -0.2) is 20.2 Å². The minimum atomic E-state index is -0.413. The normalized spacial score (nSPS) is 10.0. The maximum atomic E-state index is 13.5. The standard InChI is InChI=1S/C16H16FNO3/c1-20-15-8-7-13(9-14(15)17)18-10-11-3-5-12(6-4-11)16(19)21-2/h3-9,18H,10H2,1-2H3. The quantitative estimate of drug-likeness (QED) is 0.858. The Balaban J connectivity index is 1.99. The highest BCUT2D eigenvalue weighted by Gasteiger charge is 2.05. The second-order valence-corrected chi connectivity index (χ2v) is 4.39. The highest BCUT2D eigenvalue weighted by atomic mass is 19.1. The molecule has 0 unspecified atom stereocenters. The summed E-state index contributed by atoms with van der Waals surface area (Å²) in [6.07, 6.45) is 0. The Hall–Kier alpha value is -2.56. The van der Waals surface area contributed by atoms with Crippen molar-refractivity contribution < 1.29 is 18.7 Å². The maximum absolute atomic E-state index is 13.5. The van der Waals surface area contributed by atoms with Gasteiger partial charge in [0, 0.05) is 18.3 Å². The monoisotopic (exact) mass is 289 g/mol. The van der Waals surface area contributed by atoms with Crippen LogP contribution in [0.4, 0.5) is 10.1 Å². The van der Waals surface area contributed by atoms with Gasteiger partial charge < -0.3 is 14.8 Å². The number of hydrogen-bond donors (Lipinski definition) is 1. The lowest BCUT2D eigenvalue weighted by Gasteiger charge is -2.09. The molecule has 2 aromatic rings. The van der Waals surface area contributed by atoms with Crippen molar-refractivity contribution in [1.82, 2.24) is 0 Å². The van der Waals surface area contributed by atoms with Crippen LogP contribution in [0.25, 0.3) is 0 Å². The van der Waals surface area contributed by atoms with Crippen molar-refractivity contribution >= 4 is 11.7 Å². The minimum Gasteiger partial charge on any atom is -0.494 e. The van der Waals surface area contributed by atoms with E-state index in [-0.39, 0.29) is 11.7 Å². The number of methoxy groups -OCH3 is 2. The molecule has 0 bridgehead atoms. The number of esters is 1. The average Bonchev–Trinajstić information content (AvgIpc) is 2.52. The van der Waals surface area contributed by atoms with Crippen LogP contribution in [0.5, 0.6) is 5.75 Å². The molecule has 5 heteroatoms. The molecule has 0 spiro atoms. The van der Waals surface area contributed by atoms with Crippen LogP contribution < -0.4 is 10.1 Å². The van der Waals surface area contributed by atoms with E-state index < -0.39 is 5.82 Å². The molecule has 0 saturated heterocycles. The molecule has 0 fully saturated rings. The van der Waals surface area contributed by atoms with Crippen LogP contribution in [0.3, 0.4) is 0 Å². The lowest BCUT2D eigenvalue weighted by atomic mass is 10.1. The number of halogens is 1. The van der Waals surface area contributed by atoms with Crippen LogP contribution in [0.15, 0.2) is 42.5 Å². The first-order valence-electron chi connectivity index (χ1n) is 6.38. The van der Waals surface area contributed by atoms with Crippen molar-refractivity contribution in [2.24, 2.45) is 0 Å². The van der Waals surface area contributed by atoms with Gasteiger partial charge >= 0.3 is 5.97 Å². The van der Waals surface area contributed by atoms with Crippen LogP contribution in [-0.2, 0) is 11.3 Å². The van der Waals surface area contributed by atoms with Gasteiger partial charge in [0.25, 0.3) is 0 Å². The molecular weight excluding hydrogens is 273 g/mol. The summed E-state index contributed by atoms with van der Waals surface area (Å²) < 4.78 is 23.0. The third-order valence-corrected chi connectivity index (χ3v) is 3.02. The summed E-state index contributed by atoms with van der Waals surface area (Å²) in [6, 6.07) is 11.7. The lowest BCUT2D eigenvalue weighted by Crippen LogP contribution is -2.03. The van der Waals surface area contributed by atoms with Crippen LogP contribution >= 0.6 is 0 Å². The van der Waals surface area contributed by atoms with Gasteiger partial charge in [0.2, 0.25) is 0 Å². The summed E-state index contributed by atoms with van der Waals surface area (Å²) in [6.45, 7) is 0.521. The van der Waals surface area contributed by atoms with E-state index in [4.69, 9.17) is 4.74 Å². The molecule has 0 aliphatic carbocycles. The highest BCUT2D eigenvalue weighted by molar-refractivity contribution is 5.89. The second-order valence-electron chi connectivity index (χ2n) is 4.39. The Kier molecular flexibility index (Phi) is 4.77. The van der Waals surface area contributed by atoms with Crippen molar-refractivity contribution in [1.29, 1.82) is 0 Å². The summed E-state index contributed by atoms with van der Waals surface area (Å²) in [5.74, 6) is -0.571. The predicted octanol–water partition coefficient (Wildman–Crippen LogP) is 3.23. The van der Waals surface area contributed by atoms with E-state index in [9.17, 15) is 9.18 Å². The summed E-state index contributed by atoms with van der Waals surface area (Å²) in [5, 5.41) is 3.10. The van der Waals surface area contributed by atoms with Crippen molar-refractivity contribution in [3.05, 3.63) is 59.4 Å². The number of ether oxygens (including phenoxy) is 2. The van der Waals surface area contributed by atoms with Crippen LogP contribution in [0.2, 0.25) is 0 Å². The number of nitrogens with one attached hydrogen (secondary N) is 1. The van der Waals surface area contributed by atoms with Crippen molar-refractivity contribution in [2.75, 3.05) is 19.5 Å². The van der Waals surface area contributed by atoms with Crippen molar-refractivity contribution in [2.45, 2.75) is 6.54 Å². The number of carbonyl (C=O) groups excluding carboxylic acids is 1. The zero-order valence-electron chi connectivity index (χ0n) is 11.9. The molecule has 0 radical (unpaired) electrons. The van der Waals surface area contributed by atoms with E-state index in [1.165, 1.54) is 20.3 Å². The Bertz CT molecular complexity index is 626. The predicted molar refractivity (Wildman–Crippen MR) is 78.1 cm³/mol. The molecule has 1 N–H and O–H groups in total. The second kappa shape index (κ2) is 6.74. The fraction of sp³-hybridized carbons (Fsp3) is 0.188. The fourth-order valence-corrected chi connectivity index (χ4v) is 1.86. The molecule has 0 aliphatic rings. The zero-order chi connectivity index (χ0) is 15.2. The van der Waals surface area contributed by atoms with Crippen molar-refractivity contribution in [3.63, 3.8) is 0 Å². The minimum absolute atomic E-state index is 0.211. The van der Waals surface area contributed by atoms with E-state index in [0.717, 1.165) is 5.56 Å². The van der Waals surface area contributed by atoms with Gasteiger partial charge in [-0.1, -0.05) is 12.1 Å². The topological polar surface area (TPSA) is 47.6 Å². The Morgan fingerprint density at radius 1 is 1.14 bits per heavy atom. The van der Waals surface area contributed by atoms with Gasteiger partial charge in [-0.25, -0.2) is 9.18 Å². The number of rotatable bonds is 5. The van der Waals surface area contributed by atoms with Crippen molar-refractivity contribution in [3.8, 4) is 5.75 Å². The molecule has 0 amide bonds. The molecule has 0 saturated carbocycles. The SMILES string of the molecule is COC(=O)c1ccc(CNc2ccc(OC)c(F)c2)cc1. The van der Waals surface area contributed by atoms with E-state index in [1.807, 2.05) is 12.1 Å². The lowest BCUT2D eigenvalue weighted by molar-refractivity contribution is 0.0600. The molecule has 2 rings (SSSR count). The summed E-state index contributed by atoms with van der Waals surface area (Å²) >= 11 is 0. The third-order valence-electron chi connectivity index (χ3n) is 3.02. The van der Waals surface area contributed by atoms with Gasteiger partial charge in [-0.15, -0.1) is 0 Å². The van der Waals surface area contributed by atoms with Gasteiger partial charge in [-0.05, 0) is 29.8 Å². The first-order chi connectivity index (χ1) is 10.1. The number of hydrogen-bond acceptors (Lipinski definition) is 4. The molecule has 2 aromatic carbocycles. The highest BCUT2D eigenvalue weighted by Crippen LogP contribution is 2.21. The van der Waals surface area contributed by atoms with E-state index in [0.29, 0.717) is 17.8 Å². The van der Waals surface area contributed by atoms with Gasteiger partial charge in [-0.3, -0.25) is 0 Å². The number of benzene rings is 2. The molecule has 21 heavy (non-hydrogen) atoms. The van der Waals surface area contributed by atoms with E-state index in [2.05, 4.69) is 10.1 Å². The Labute approximate surface area is 122 Å². The molecule has 0 aromatic heterocycles. The van der Waals surface area contributed by atoms with Gasteiger partial charge in [0.05, 0.1) is 19.8 Å². The van der Waals surface area contributed by atoms with E-state index in [1.54, 1.807) is 24.3 Å². The molecule has 0 aliphatic heterocycles. The van der Waals surface area contributed by atoms with Crippen LogP contribution in [0.1, 0.15) is 15.9 Å². The van der Waals surface area contributed by atoms with Gasteiger partial charge in [-0.2, -0.15) is 0 Å². The van der Waals surface area contributed by atoms with Gasteiger partial charge in [0.15, 0.2) is 11.6 Å². The molecule has 4 nitrogen and oxygen atoms in total. The molecule has 110 valence electrons. The van der Waals surface area contributed by atoms with E-state index >= 15 is 0 Å². The van der Waals surface area contributed by atoms with Gasteiger partial charge in [0.1, 0.15) is 0 Å². The third kappa shape index (κ3) is 3.72. The first-order valence-corrected chi connectivity index (χ1v) is 6.38. The fourth-order valence-electron chi connectivity index (χ4n) is 1.86. The zero-order valence-corrected chi connectivity index (χ0v) is 11.9. The largest absolute Gasteiger partial charge is 0.494 e.